The van der Waals surface area contributed by atoms with Gasteiger partial charge in [0.05, 0.1) is 29.9 Å². The minimum absolute atomic E-state index is 0.0190. The molecule has 0 spiro atoms. The molecule has 1 aliphatic rings. The van der Waals surface area contributed by atoms with Crippen LogP contribution in [0.3, 0.4) is 0 Å². The SMILES string of the molecule is COc1cc(CO)cc(I)c1O[C@H]1C=C(C(=O)NCCO)C[C@@H](N(Cc2ccc(Cl)cc2)C(=O)c2cc3ccccc3oc2=O)[C@@H]1O. The number of carbonyl (C=O) groups is 2. The van der Waals surface area contributed by atoms with Crippen LogP contribution < -0.4 is 20.4 Å². The van der Waals surface area contributed by atoms with Crippen LogP contribution in [-0.4, -0.2) is 70.5 Å². The quantitative estimate of drug-likeness (QED) is 0.131. The minimum atomic E-state index is -1.40. The van der Waals surface area contributed by atoms with Crippen molar-refractivity contribution in [1.29, 1.82) is 0 Å². The van der Waals surface area contributed by atoms with Crippen LogP contribution in [-0.2, 0) is 17.9 Å². The van der Waals surface area contributed by atoms with Gasteiger partial charge >= 0.3 is 5.63 Å². The van der Waals surface area contributed by atoms with Crippen LogP contribution in [0.15, 0.2) is 87.6 Å². The van der Waals surface area contributed by atoms with Crippen LogP contribution in [0.2, 0.25) is 5.02 Å². The van der Waals surface area contributed by atoms with Gasteiger partial charge in [-0.25, -0.2) is 4.79 Å². The number of hydrogen-bond acceptors (Lipinski definition) is 9. The van der Waals surface area contributed by atoms with Gasteiger partial charge < -0.3 is 39.4 Å². The van der Waals surface area contributed by atoms with Crippen molar-refractivity contribution < 1.29 is 38.8 Å². The van der Waals surface area contributed by atoms with E-state index in [1.54, 1.807) is 60.7 Å². The first kappa shape index (κ1) is 34.4. The van der Waals surface area contributed by atoms with Gasteiger partial charge in [0, 0.05) is 35.5 Å². The number of hydrogen-bond donors (Lipinski definition) is 4. The summed E-state index contributed by atoms with van der Waals surface area (Å²) in [6, 6.07) is 17.2. The number of aliphatic hydroxyl groups is 3. The molecule has 4 N–H and O–H groups in total. The summed E-state index contributed by atoms with van der Waals surface area (Å²) in [5, 5.41) is 34.5. The fraction of sp³-hybridized carbons (Fsp3) is 0.265. The van der Waals surface area contributed by atoms with Gasteiger partial charge in [-0.05, 0) is 76.2 Å². The highest BCUT2D eigenvalue weighted by atomic mass is 127. The van der Waals surface area contributed by atoms with Gasteiger partial charge in [0.15, 0.2) is 11.5 Å². The maximum atomic E-state index is 14.4. The first-order valence-corrected chi connectivity index (χ1v) is 16.1. The summed E-state index contributed by atoms with van der Waals surface area (Å²) in [6.07, 6.45) is -1.20. The molecule has 13 heteroatoms. The van der Waals surface area contributed by atoms with Crippen LogP contribution in [0.25, 0.3) is 11.0 Å². The Balaban J connectivity index is 1.60. The van der Waals surface area contributed by atoms with Crippen molar-refractivity contribution in [3.8, 4) is 11.5 Å². The maximum absolute atomic E-state index is 14.4. The third-order valence-corrected chi connectivity index (χ3v) is 8.79. The molecule has 1 heterocycles. The smallest absolute Gasteiger partial charge is 0.349 e. The molecule has 0 saturated heterocycles. The molecular weight excluding hydrogens is 743 g/mol. The van der Waals surface area contributed by atoms with E-state index in [1.807, 2.05) is 22.6 Å². The Morgan fingerprint density at radius 3 is 2.53 bits per heavy atom. The molecular formula is C34H32ClIN2O9. The van der Waals surface area contributed by atoms with Gasteiger partial charge in [-0.2, -0.15) is 0 Å². The number of benzene rings is 3. The zero-order valence-corrected chi connectivity index (χ0v) is 28.1. The van der Waals surface area contributed by atoms with Gasteiger partial charge in [-0.15, -0.1) is 0 Å². The Morgan fingerprint density at radius 1 is 1.09 bits per heavy atom. The Labute approximate surface area is 288 Å². The van der Waals surface area contributed by atoms with Crippen molar-refractivity contribution in [2.45, 2.75) is 37.8 Å². The number of nitrogens with one attached hydrogen (secondary N) is 1. The summed E-state index contributed by atoms with van der Waals surface area (Å²) in [5.74, 6) is -0.699. The molecule has 0 saturated carbocycles. The second-order valence-electron chi connectivity index (χ2n) is 10.8. The molecule has 11 nitrogen and oxygen atoms in total. The highest BCUT2D eigenvalue weighted by Crippen LogP contribution is 2.37. The van der Waals surface area contributed by atoms with Crippen LogP contribution >= 0.6 is 34.2 Å². The first-order chi connectivity index (χ1) is 22.6. The van der Waals surface area contributed by atoms with Crippen LogP contribution in [0.4, 0.5) is 0 Å². The number of ether oxygens (including phenoxy) is 2. The Kier molecular flexibility index (Phi) is 11.2. The molecule has 3 atom stereocenters. The zero-order chi connectivity index (χ0) is 33.7. The molecule has 3 aromatic carbocycles. The first-order valence-electron chi connectivity index (χ1n) is 14.6. The summed E-state index contributed by atoms with van der Waals surface area (Å²) in [5.41, 5.74) is 0.625. The number of halogens is 2. The van der Waals surface area contributed by atoms with E-state index in [4.69, 9.17) is 25.5 Å². The lowest BCUT2D eigenvalue weighted by atomic mass is 9.87. The average molecular weight is 775 g/mol. The zero-order valence-electron chi connectivity index (χ0n) is 25.2. The summed E-state index contributed by atoms with van der Waals surface area (Å²) >= 11 is 8.14. The van der Waals surface area contributed by atoms with Crippen LogP contribution in [0.5, 0.6) is 11.5 Å². The Morgan fingerprint density at radius 2 is 1.83 bits per heavy atom. The van der Waals surface area contributed by atoms with Crippen molar-refractivity contribution in [1.82, 2.24) is 10.2 Å². The molecule has 1 aliphatic carbocycles. The third-order valence-electron chi connectivity index (χ3n) is 7.74. The lowest BCUT2D eigenvalue weighted by molar-refractivity contribution is -0.118. The van der Waals surface area contributed by atoms with Crippen molar-refractivity contribution >= 4 is 57.0 Å². The summed E-state index contributed by atoms with van der Waals surface area (Å²) < 4.78 is 17.9. The van der Waals surface area contributed by atoms with Gasteiger partial charge in [-0.1, -0.05) is 41.9 Å². The van der Waals surface area contributed by atoms with Gasteiger partial charge in [0.25, 0.3) is 5.91 Å². The summed E-state index contributed by atoms with van der Waals surface area (Å²) in [7, 11) is 1.44. The standard InChI is InChI=1S/C34H32ClIN2O9/c1-45-29-13-20(18-40)12-25(36)31(29)46-28-16-22(32(42)37-10-11-39)15-26(30(28)41)38(17-19-6-8-23(35)9-7-19)33(43)24-14-21-4-2-3-5-27(21)47-34(24)44/h2-9,12-14,16,26,28,30,39-41H,10-11,15,17-18H2,1H3,(H,37,42)/t26-,28+,30+/m1/s1. The molecule has 5 rings (SSSR count). The van der Waals surface area contributed by atoms with Gasteiger partial charge in [-0.3, -0.25) is 9.59 Å². The largest absolute Gasteiger partial charge is 0.493 e. The van der Waals surface area contributed by atoms with E-state index in [0.29, 0.717) is 30.7 Å². The Bertz CT molecular complexity index is 1860. The molecule has 0 radical (unpaired) electrons. The molecule has 1 aromatic heterocycles. The van der Waals surface area contributed by atoms with Gasteiger partial charge in [0.2, 0.25) is 5.91 Å². The average Bonchev–Trinajstić information content (AvgIpc) is 3.07. The topological polar surface area (TPSA) is 159 Å². The normalized spacial score (nSPS) is 17.6. The molecule has 47 heavy (non-hydrogen) atoms. The van der Waals surface area contributed by atoms with Crippen molar-refractivity contribution in [3.63, 3.8) is 0 Å². The number of methoxy groups -OCH3 is 1. The van der Waals surface area contributed by atoms with E-state index >= 15 is 0 Å². The highest BCUT2D eigenvalue weighted by Gasteiger charge is 2.42. The number of aliphatic hydroxyl groups excluding tert-OH is 3. The summed E-state index contributed by atoms with van der Waals surface area (Å²) in [6.45, 7) is -0.611. The molecule has 0 unspecified atom stereocenters. The van der Waals surface area contributed by atoms with Crippen LogP contribution in [0, 0.1) is 3.57 Å². The second kappa shape index (κ2) is 15.3. The molecule has 246 valence electrons. The number of nitrogens with zero attached hydrogens (tertiary/aromatic N) is 1. The number of carbonyl (C=O) groups excluding carboxylic acids is 2. The van der Waals surface area contributed by atoms with E-state index < -0.39 is 35.7 Å². The molecule has 4 aromatic rings. The summed E-state index contributed by atoms with van der Waals surface area (Å²) in [4.78, 5) is 42.1. The number of rotatable bonds is 11. The molecule has 0 aliphatic heterocycles. The predicted octanol–water partition coefficient (Wildman–Crippen LogP) is 3.81. The van der Waals surface area contributed by atoms with Crippen molar-refractivity contribution in [2.75, 3.05) is 20.3 Å². The number of amides is 2. The van der Waals surface area contributed by atoms with Crippen molar-refractivity contribution in [2.24, 2.45) is 0 Å². The fourth-order valence-electron chi connectivity index (χ4n) is 5.39. The lowest BCUT2D eigenvalue weighted by Crippen LogP contribution is -2.55. The van der Waals surface area contributed by atoms with Gasteiger partial charge in [0.1, 0.15) is 23.4 Å². The molecule has 0 bridgehead atoms. The van der Waals surface area contributed by atoms with Crippen molar-refractivity contribution in [3.05, 3.63) is 114 Å². The third kappa shape index (κ3) is 7.79. The fourth-order valence-corrected chi connectivity index (χ4v) is 6.31. The number of para-hydroxylation sites is 1. The van der Waals surface area contributed by atoms with E-state index in [1.165, 1.54) is 24.2 Å². The van der Waals surface area contributed by atoms with E-state index in [2.05, 4.69) is 5.32 Å². The highest BCUT2D eigenvalue weighted by molar-refractivity contribution is 14.1. The Hall–Kier alpha value is -3.95. The van der Waals surface area contributed by atoms with E-state index in [-0.39, 0.29) is 55.4 Å². The second-order valence-corrected chi connectivity index (χ2v) is 12.4. The molecule has 0 fully saturated rings. The van der Waals surface area contributed by atoms with Crippen LogP contribution in [0.1, 0.15) is 27.9 Å². The van der Waals surface area contributed by atoms with E-state index in [0.717, 1.165) is 0 Å². The number of fused-ring (bicyclic) bond motifs is 1. The predicted molar refractivity (Wildman–Crippen MR) is 182 cm³/mol. The van der Waals surface area contributed by atoms with E-state index in [9.17, 15) is 29.7 Å². The molecule has 2 amide bonds. The maximum Gasteiger partial charge on any atom is 0.349 e. The monoisotopic (exact) mass is 774 g/mol. The lowest BCUT2D eigenvalue weighted by Gasteiger charge is -2.40. The minimum Gasteiger partial charge on any atom is -0.493 e.